The van der Waals surface area contributed by atoms with Gasteiger partial charge in [0.15, 0.2) is 5.41 Å². The van der Waals surface area contributed by atoms with E-state index in [2.05, 4.69) is 25.7 Å². The number of anilines is 1. The van der Waals surface area contributed by atoms with Crippen LogP contribution in [0.2, 0.25) is 0 Å². The standard InChI is InChI=1S/C27H32N4O4/c1-25(2)12-17-13-26(3,14-25)21-27(22(32)29(4)24(34)30(5)23(27)33)11-16-9-15-10-18(35-6)7-8-19(15)28-20(16)31(17)21/h7-10,17,21H,11-14H2,1-6H3/t17-,21-,26+/m1/s1. The molecule has 1 saturated carbocycles. The zero-order chi connectivity index (χ0) is 25.1. The van der Waals surface area contributed by atoms with Gasteiger partial charge < -0.3 is 9.64 Å². The van der Waals surface area contributed by atoms with Gasteiger partial charge in [-0.15, -0.1) is 0 Å². The second-order valence-corrected chi connectivity index (χ2v) is 12.1. The first-order valence-corrected chi connectivity index (χ1v) is 12.3. The molecule has 35 heavy (non-hydrogen) atoms. The first-order valence-electron chi connectivity index (χ1n) is 12.3. The number of carbonyl (C=O) groups excluding carboxylic acids is 3. The first-order chi connectivity index (χ1) is 16.4. The number of rotatable bonds is 1. The van der Waals surface area contributed by atoms with Crippen molar-refractivity contribution < 1.29 is 19.1 Å². The van der Waals surface area contributed by atoms with Crippen LogP contribution in [0.4, 0.5) is 10.6 Å². The molecule has 2 saturated heterocycles. The molecule has 3 fully saturated rings. The van der Waals surface area contributed by atoms with Crippen LogP contribution >= 0.6 is 0 Å². The number of ether oxygens (including phenoxy) is 1. The predicted octanol–water partition coefficient (Wildman–Crippen LogP) is 3.61. The van der Waals surface area contributed by atoms with Crippen LogP contribution in [0.5, 0.6) is 5.75 Å². The number of nitrogens with zero attached hydrogens (tertiary/aromatic N) is 4. The summed E-state index contributed by atoms with van der Waals surface area (Å²) in [5.41, 5.74) is 0.149. The average molecular weight is 477 g/mol. The number of benzene rings is 1. The Kier molecular flexibility index (Phi) is 4.30. The number of aromatic nitrogens is 1. The van der Waals surface area contributed by atoms with Gasteiger partial charge in [-0.25, -0.2) is 9.78 Å². The van der Waals surface area contributed by atoms with Gasteiger partial charge in [0.25, 0.3) is 0 Å². The highest BCUT2D eigenvalue weighted by atomic mass is 16.5. The Labute approximate surface area is 205 Å². The molecular weight excluding hydrogens is 444 g/mol. The lowest BCUT2D eigenvalue weighted by atomic mass is 9.56. The Bertz CT molecular complexity index is 1300. The molecule has 1 spiro atoms. The highest BCUT2D eigenvalue weighted by molar-refractivity contribution is 6.20. The van der Waals surface area contributed by atoms with Crippen molar-refractivity contribution in [2.24, 2.45) is 16.2 Å². The van der Waals surface area contributed by atoms with E-state index in [1.54, 1.807) is 7.11 Å². The third-order valence-electron chi connectivity index (χ3n) is 8.91. The number of barbiturate groups is 1. The van der Waals surface area contributed by atoms with Crippen molar-refractivity contribution in [1.82, 2.24) is 14.8 Å². The van der Waals surface area contributed by atoms with Crippen molar-refractivity contribution in [1.29, 1.82) is 0 Å². The minimum atomic E-state index is -1.37. The second-order valence-electron chi connectivity index (χ2n) is 12.1. The summed E-state index contributed by atoms with van der Waals surface area (Å²) in [6.07, 6.45) is 2.99. The van der Waals surface area contributed by atoms with Crippen molar-refractivity contribution in [2.75, 3.05) is 26.1 Å². The monoisotopic (exact) mass is 476 g/mol. The number of methoxy groups -OCH3 is 1. The molecule has 4 amide bonds. The van der Waals surface area contributed by atoms with E-state index in [0.717, 1.165) is 57.1 Å². The Morgan fingerprint density at radius 2 is 1.69 bits per heavy atom. The molecule has 2 bridgehead atoms. The number of pyridine rings is 1. The van der Waals surface area contributed by atoms with E-state index in [-0.39, 0.29) is 29.3 Å². The molecular formula is C27H32N4O4. The number of urea groups is 1. The smallest absolute Gasteiger partial charge is 0.332 e. The fourth-order valence-corrected chi connectivity index (χ4v) is 8.10. The maximum Gasteiger partial charge on any atom is 0.332 e. The molecule has 184 valence electrons. The molecule has 8 nitrogen and oxygen atoms in total. The van der Waals surface area contributed by atoms with Crippen LogP contribution in [0.3, 0.4) is 0 Å². The molecule has 0 N–H and O–H groups in total. The molecule has 3 aliphatic heterocycles. The van der Waals surface area contributed by atoms with E-state index in [1.807, 2.05) is 24.3 Å². The third kappa shape index (κ3) is 2.74. The molecule has 2 aromatic rings. The van der Waals surface area contributed by atoms with E-state index in [0.29, 0.717) is 0 Å². The number of hydrogen-bond donors (Lipinski definition) is 0. The van der Waals surface area contributed by atoms with Gasteiger partial charge in [-0.1, -0.05) is 20.8 Å². The maximum absolute atomic E-state index is 14.1. The van der Waals surface area contributed by atoms with Crippen LogP contribution in [0.1, 0.15) is 45.6 Å². The maximum atomic E-state index is 14.1. The summed E-state index contributed by atoms with van der Waals surface area (Å²) in [6.45, 7) is 6.77. The summed E-state index contributed by atoms with van der Waals surface area (Å²) in [7, 11) is 4.61. The molecule has 0 unspecified atom stereocenters. The number of imide groups is 2. The van der Waals surface area contributed by atoms with Crippen molar-refractivity contribution in [3.8, 4) is 5.75 Å². The number of hydrogen-bond acceptors (Lipinski definition) is 6. The van der Waals surface area contributed by atoms with Crippen LogP contribution in [-0.4, -0.2) is 65.9 Å². The van der Waals surface area contributed by atoms with Gasteiger partial charge in [-0.2, -0.15) is 0 Å². The zero-order valence-corrected chi connectivity index (χ0v) is 21.2. The summed E-state index contributed by atoms with van der Waals surface area (Å²) in [5.74, 6) is 0.795. The topological polar surface area (TPSA) is 83.0 Å². The first kappa shape index (κ1) is 22.3. The average Bonchev–Trinajstić information content (AvgIpc) is 3.04. The molecule has 4 aliphatic rings. The second kappa shape index (κ2) is 6.74. The van der Waals surface area contributed by atoms with E-state index in [9.17, 15) is 14.4 Å². The van der Waals surface area contributed by atoms with Gasteiger partial charge in [0.1, 0.15) is 11.6 Å². The SMILES string of the molecule is COc1ccc2nc3c(cc2c1)CC1(C(=O)N(C)C(=O)N(C)C1=O)[C@@H]1N3[C@@H]2CC(C)(C)C[C@]1(C)C2. The van der Waals surface area contributed by atoms with Gasteiger partial charge in [-0.3, -0.25) is 19.4 Å². The van der Waals surface area contributed by atoms with Gasteiger partial charge in [-0.05, 0) is 59.9 Å². The lowest BCUT2D eigenvalue weighted by Crippen LogP contribution is -2.72. The minimum Gasteiger partial charge on any atom is -0.497 e. The van der Waals surface area contributed by atoms with Crippen molar-refractivity contribution >= 4 is 34.6 Å². The van der Waals surface area contributed by atoms with E-state index < -0.39 is 23.3 Å². The minimum absolute atomic E-state index is 0.0644. The van der Waals surface area contributed by atoms with Gasteiger partial charge >= 0.3 is 6.03 Å². The fraction of sp³-hybridized carbons (Fsp3) is 0.556. The lowest BCUT2D eigenvalue weighted by Gasteiger charge is -2.54. The van der Waals surface area contributed by atoms with Crippen molar-refractivity contribution in [2.45, 2.75) is 58.5 Å². The molecule has 8 heteroatoms. The molecule has 3 atom stereocenters. The van der Waals surface area contributed by atoms with Crippen LogP contribution in [0, 0.1) is 16.2 Å². The van der Waals surface area contributed by atoms with Gasteiger partial charge in [0, 0.05) is 31.9 Å². The van der Waals surface area contributed by atoms with Gasteiger partial charge in [0.2, 0.25) is 11.8 Å². The fourth-order valence-electron chi connectivity index (χ4n) is 8.10. The van der Waals surface area contributed by atoms with E-state index in [1.165, 1.54) is 14.1 Å². The number of fused-ring (bicyclic) bond motifs is 9. The lowest BCUT2D eigenvalue weighted by molar-refractivity contribution is -0.161. The van der Waals surface area contributed by atoms with E-state index >= 15 is 0 Å². The predicted molar refractivity (Wildman–Crippen MR) is 131 cm³/mol. The Balaban J connectivity index is 1.64. The van der Waals surface area contributed by atoms with Crippen LogP contribution in [0.25, 0.3) is 10.9 Å². The molecule has 1 aromatic heterocycles. The Morgan fingerprint density at radius 1 is 1.00 bits per heavy atom. The third-order valence-corrected chi connectivity index (χ3v) is 8.91. The van der Waals surface area contributed by atoms with E-state index in [4.69, 9.17) is 9.72 Å². The number of carbonyl (C=O) groups is 3. The molecule has 4 heterocycles. The normalized spacial score (nSPS) is 30.7. The summed E-state index contributed by atoms with van der Waals surface area (Å²) in [5, 5.41) is 0.902. The van der Waals surface area contributed by atoms with Crippen molar-refractivity contribution in [3.63, 3.8) is 0 Å². The summed E-state index contributed by atoms with van der Waals surface area (Å²) >= 11 is 0. The molecule has 6 rings (SSSR count). The zero-order valence-electron chi connectivity index (χ0n) is 21.2. The highest BCUT2D eigenvalue weighted by Gasteiger charge is 2.72. The molecule has 1 aliphatic carbocycles. The van der Waals surface area contributed by atoms with Crippen molar-refractivity contribution in [3.05, 3.63) is 29.8 Å². The summed E-state index contributed by atoms with van der Waals surface area (Å²) < 4.78 is 5.42. The van der Waals surface area contributed by atoms with Gasteiger partial charge in [0.05, 0.1) is 18.7 Å². The highest BCUT2D eigenvalue weighted by Crippen LogP contribution is 2.64. The quantitative estimate of drug-likeness (QED) is 0.585. The Hall–Kier alpha value is -3.16. The van der Waals surface area contributed by atoms with Crippen LogP contribution in [0.15, 0.2) is 24.3 Å². The van der Waals surface area contributed by atoms with Crippen LogP contribution in [-0.2, 0) is 16.0 Å². The van der Waals surface area contributed by atoms with Crippen LogP contribution < -0.4 is 9.64 Å². The largest absolute Gasteiger partial charge is 0.497 e. The number of amides is 4. The summed E-state index contributed by atoms with van der Waals surface area (Å²) in [4.78, 5) is 50.6. The molecule has 1 aromatic carbocycles. The Morgan fingerprint density at radius 3 is 2.34 bits per heavy atom. The summed E-state index contributed by atoms with van der Waals surface area (Å²) in [6, 6.07) is 7.07. The molecule has 0 radical (unpaired) electrons.